The van der Waals surface area contributed by atoms with E-state index in [1.807, 2.05) is 4.90 Å². The van der Waals surface area contributed by atoms with Crippen LogP contribution in [0, 0.1) is 5.92 Å². The van der Waals surface area contributed by atoms with E-state index in [0.717, 1.165) is 19.5 Å². The van der Waals surface area contributed by atoms with Crippen LogP contribution in [0.3, 0.4) is 0 Å². The van der Waals surface area contributed by atoms with Crippen molar-refractivity contribution in [1.29, 1.82) is 0 Å². The lowest BCUT2D eigenvalue weighted by atomic mass is 9.84. The first-order valence-corrected chi connectivity index (χ1v) is 6.98. The lowest BCUT2D eigenvalue weighted by Gasteiger charge is -2.45. The zero-order valence-corrected chi connectivity index (χ0v) is 11.3. The Bertz CT molecular complexity index is 285. The number of ether oxygens (including phenoxy) is 1. The number of piperidine rings is 2. The number of likely N-dealkylation sites (tertiary alicyclic amines) is 2. The molecule has 2 rings (SSSR count). The number of rotatable bonds is 4. The molecule has 0 spiro atoms. The highest BCUT2D eigenvalue weighted by molar-refractivity contribution is 5.77. The molecule has 2 N–H and O–H groups in total. The molecule has 2 heterocycles. The van der Waals surface area contributed by atoms with Crippen molar-refractivity contribution in [3.63, 3.8) is 0 Å². The zero-order valence-electron chi connectivity index (χ0n) is 11.3. The Kier molecular flexibility index (Phi) is 4.97. The first-order chi connectivity index (χ1) is 8.72. The molecule has 5 heteroatoms. The molecule has 0 aromatic heterocycles. The lowest BCUT2D eigenvalue weighted by Crippen LogP contribution is -2.54. The summed E-state index contributed by atoms with van der Waals surface area (Å²) in [5.41, 5.74) is 5.34. The molecular weight excluding hydrogens is 230 g/mol. The number of nitrogens with zero attached hydrogens (tertiary/aromatic N) is 2. The van der Waals surface area contributed by atoms with Crippen molar-refractivity contribution in [2.75, 3.05) is 46.4 Å². The third-order valence-electron chi connectivity index (χ3n) is 4.19. The van der Waals surface area contributed by atoms with E-state index >= 15 is 0 Å². The minimum Gasteiger partial charge on any atom is -0.370 e. The summed E-state index contributed by atoms with van der Waals surface area (Å²) in [6.07, 6.45) is 3.61. The topological polar surface area (TPSA) is 58.8 Å². The van der Waals surface area contributed by atoms with Gasteiger partial charge in [-0.05, 0) is 38.8 Å². The molecule has 0 bridgehead atoms. The fourth-order valence-corrected chi connectivity index (χ4v) is 3.21. The first kappa shape index (κ1) is 13.8. The highest BCUT2D eigenvalue weighted by Gasteiger charge is 2.35. The molecule has 2 saturated heterocycles. The van der Waals surface area contributed by atoms with Gasteiger partial charge < -0.3 is 20.3 Å². The fraction of sp³-hybridized carbons (Fsp3) is 0.923. The van der Waals surface area contributed by atoms with E-state index in [0.29, 0.717) is 25.1 Å². The number of fused-ring (bicyclic) bond motifs is 1. The maximum Gasteiger partial charge on any atom is 0.248 e. The Labute approximate surface area is 109 Å². The van der Waals surface area contributed by atoms with Crippen LogP contribution in [-0.2, 0) is 9.53 Å². The smallest absolute Gasteiger partial charge is 0.248 e. The van der Waals surface area contributed by atoms with E-state index in [1.165, 1.54) is 19.4 Å². The summed E-state index contributed by atoms with van der Waals surface area (Å²) in [6.45, 7) is 4.10. The van der Waals surface area contributed by atoms with Crippen molar-refractivity contribution in [3.05, 3.63) is 0 Å². The fourth-order valence-electron chi connectivity index (χ4n) is 3.21. The predicted octanol–water partition coefficient (Wildman–Crippen LogP) is -0.0956. The molecule has 1 amide bonds. The number of nitrogens with two attached hydrogens (primary N) is 1. The Morgan fingerprint density at radius 2 is 2.22 bits per heavy atom. The number of amides is 1. The largest absolute Gasteiger partial charge is 0.370 e. The zero-order chi connectivity index (χ0) is 13.0. The maximum atomic E-state index is 12.0. The van der Waals surface area contributed by atoms with Crippen LogP contribution in [-0.4, -0.2) is 68.2 Å². The van der Waals surface area contributed by atoms with E-state index in [1.54, 1.807) is 0 Å². The van der Waals surface area contributed by atoms with Crippen molar-refractivity contribution in [3.8, 4) is 0 Å². The molecule has 0 saturated carbocycles. The molecule has 2 unspecified atom stereocenters. The number of carbonyl (C=O) groups excluding carboxylic acids is 1. The van der Waals surface area contributed by atoms with Gasteiger partial charge in [-0.25, -0.2) is 0 Å². The summed E-state index contributed by atoms with van der Waals surface area (Å²) in [4.78, 5) is 16.4. The van der Waals surface area contributed by atoms with Gasteiger partial charge in [-0.3, -0.25) is 4.79 Å². The van der Waals surface area contributed by atoms with Gasteiger partial charge >= 0.3 is 0 Å². The van der Waals surface area contributed by atoms with Crippen LogP contribution in [0.1, 0.15) is 19.3 Å². The van der Waals surface area contributed by atoms with Gasteiger partial charge in [0.2, 0.25) is 5.91 Å². The minimum absolute atomic E-state index is 0.120. The summed E-state index contributed by atoms with van der Waals surface area (Å²) in [6, 6.07) is 0.674. The number of hydrogen-bond acceptors (Lipinski definition) is 4. The van der Waals surface area contributed by atoms with Gasteiger partial charge in [-0.1, -0.05) is 0 Å². The van der Waals surface area contributed by atoms with Crippen LogP contribution < -0.4 is 5.73 Å². The van der Waals surface area contributed by atoms with Crippen LogP contribution in [0.25, 0.3) is 0 Å². The number of carbonyl (C=O) groups is 1. The quantitative estimate of drug-likeness (QED) is 0.713. The van der Waals surface area contributed by atoms with E-state index in [-0.39, 0.29) is 12.5 Å². The van der Waals surface area contributed by atoms with Gasteiger partial charge in [0.05, 0.1) is 6.61 Å². The van der Waals surface area contributed by atoms with Crippen molar-refractivity contribution in [2.24, 2.45) is 11.7 Å². The third-order valence-corrected chi connectivity index (χ3v) is 4.19. The molecule has 2 atom stereocenters. The molecule has 2 fully saturated rings. The molecule has 5 nitrogen and oxygen atoms in total. The molecule has 2 aliphatic rings. The van der Waals surface area contributed by atoms with Gasteiger partial charge in [0.15, 0.2) is 0 Å². The second-order valence-electron chi connectivity index (χ2n) is 5.42. The van der Waals surface area contributed by atoms with Crippen molar-refractivity contribution >= 4 is 5.91 Å². The average molecular weight is 255 g/mol. The van der Waals surface area contributed by atoms with Crippen molar-refractivity contribution in [2.45, 2.75) is 25.3 Å². The normalized spacial score (nSPS) is 29.1. The van der Waals surface area contributed by atoms with E-state index in [4.69, 9.17) is 10.5 Å². The molecular formula is C13H25N3O2. The van der Waals surface area contributed by atoms with E-state index in [9.17, 15) is 4.79 Å². The molecule has 0 aromatic carbocycles. The third kappa shape index (κ3) is 3.22. The Hall–Kier alpha value is -0.650. The average Bonchev–Trinajstić information content (AvgIpc) is 2.39. The van der Waals surface area contributed by atoms with Crippen molar-refractivity contribution in [1.82, 2.24) is 9.80 Å². The van der Waals surface area contributed by atoms with E-state index < -0.39 is 0 Å². The highest BCUT2D eigenvalue weighted by atomic mass is 16.5. The maximum absolute atomic E-state index is 12.0. The molecule has 104 valence electrons. The second-order valence-corrected chi connectivity index (χ2v) is 5.42. The Morgan fingerprint density at radius 1 is 1.39 bits per heavy atom. The second kappa shape index (κ2) is 6.50. The summed E-state index contributed by atoms with van der Waals surface area (Å²) < 4.78 is 5.23. The monoisotopic (exact) mass is 255 g/mol. The molecule has 0 aliphatic carbocycles. The van der Waals surface area contributed by atoms with Gasteiger partial charge in [0, 0.05) is 25.7 Å². The van der Waals surface area contributed by atoms with Gasteiger partial charge in [-0.15, -0.1) is 0 Å². The van der Waals surface area contributed by atoms with Crippen LogP contribution in [0.5, 0.6) is 0 Å². The van der Waals surface area contributed by atoms with Crippen LogP contribution in [0.15, 0.2) is 0 Å². The van der Waals surface area contributed by atoms with Crippen LogP contribution >= 0.6 is 0 Å². The molecule has 0 radical (unpaired) electrons. The Balaban J connectivity index is 1.81. The molecule has 0 aromatic rings. The van der Waals surface area contributed by atoms with Crippen molar-refractivity contribution < 1.29 is 9.53 Å². The lowest BCUT2D eigenvalue weighted by molar-refractivity contribution is -0.139. The summed E-state index contributed by atoms with van der Waals surface area (Å²) in [5, 5.41) is 0. The van der Waals surface area contributed by atoms with E-state index in [2.05, 4.69) is 11.9 Å². The van der Waals surface area contributed by atoms with Crippen LogP contribution in [0.2, 0.25) is 0 Å². The Morgan fingerprint density at radius 3 is 3.00 bits per heavy atom. The molecule has 2 aliphatic heterocycles. The van der Waals surface area contributed by atoms with Gasteiger partial charge in [-0.2, -0.15) is 0 Å². The predicted molar refractivity (Wildman–Crippen MR) is 70.2 cm³/mol. The molecule has 18 heavy (non-hydrogen) atoms. The van der Waals surface area contributed by atoms with Gasteiger partial charge in [0.25, 0.3) is 0 Å². The summed E-state index contributed by atoms with van der Waals surface area (Å²) >= 11 is 0. The van der Waals surface area contributed by atoms with Crippen LogP contribution in [0.4, 0.5) is 0 Å². The van der Waals surface area contributed by atoms with Gasteiger partial charge in [0.1, 0.15) is 6.61 Å². The number of hydrogen-bond donors (Lipinski definition) is 1. The first-order valence-electron chi connectivity index (χ1n) is 6.98. The highest BCUT2D eigenvalue weighted by Crippen LogP contribution is 2.29. The summed E-state index contributed by atoms with van der Waals surface area (Å²) in [7, 11) is 2.21. The standard InChI is InChI=1S/C13H25N3O2/c1-15-6-2-3-11-9-16(7-4-12(11)15)13(17)10-18-8-5-14/h11-12H,2-10,14H2,1H3. The SMILES string of the molecule is CN1CCCC2CN(C(=O)COCCN)CCC21. The summed E-state index contributed by atoms with van der Waals surface area (Å²) in [5.74, 6) is 0.770. The minimum atomic E-state index is 0.120.